The van der Waals surface area contributed by atoms with Crippen molar-refractivity contribution in [1.82, 2.24) is 28.9 Å². The van der Waals surface area contributed by atoms with Crippen LogP contribution in [0.1, 0.15) is 23.9 Å². The summed E-state index contributed by atoms with van der Waals surface area (Å²) in [6.45, 7) is 1.88. The summed E-state index contributed by atoms with van der Waals surface area (Å²) in [4.78, 5) is 41.0. The molecule has 0 saturated carbocycles. The Hall–Kier alpha value is -4.02. The molecule has 0 spiro atoms. The van der Waals surface area contributed by atoms with Crippen molar-refractivity contribution in [3.63, 3.8) is 0 Å². The lowest BCUT2D eigenvalue weighted by Gasteiger charge is -2.06. The van der Waals surface area contributed by atoms with Gasteiger partial charge in [0, 0.05) is 14.1 Å². The standard InChI is InChI=1S/C20H21N7O4/c1-4-12-5-7-13(8-6-12)9-15-23-24-19(31-15)22-14(28)10-27-11-21-17-16(27)18(29)26(3)20(30)25(17)2/h5-8,11H,4,9-10H2,1-3H3,(H,22,24,28). The summed E-state index contributed by atoms with van der Waals surface area (Å²) in [6, 6.07) is 8.06. The van der Waals surface area contributed by atoms with E-state index in [9.17, 15) is 14.4 Å². The lowest BCUT2D eigenvalue weighted by atomic mass is 10.1. The third-order valence-electron chi connectivity index (χ3n) is 5.03. The van der Waals surface area contributed by atoms with Gasteiger partial charge in [0.2, 0.25) is 11.8 Å². The van der Waals surface area contributed by atoms with Gasteiger partial charge in [-0.15, -0.1) is 5.10 Å². The lowest BCUT2D eigenvalue weighted by Crippen LogP contribution is -2.37. The molecule has 4 aromatic rings. The lowest BCUT2D eigenvalue weighted by molar-refractivity contribution is -0.116. The molecule has 0 radical (unpaired) electrons. The summed E-state index contributed by atoms with van der Waals surface area (Å²) < 4.78 is 9.10. The van der Waals surface area contributed by atoms with Gasteiger partial charge < -0.3 is 8.98 Å². The van der Waals surface area contributed by atoms with E-state index in [1.165, 1.54) is 35.1 Å². The van der Waals surface area contributed by atoms with Crippen LogP contribution in [0.4, 0.5) is 6.01 Å². The van der Waals surface area contributed by atoms with Crippen molar-refractivity contribution in [2.45, 2.75) is 26.3 Å². The normalized spacial score (nSPS) is 11.2. The van der Waals surface area contributed by atoms with E-state index < -0.39 is 17.2 Å². The van der Waals surface area contributed by atoms with Gasteiger partial charge >= 0.3 is 11.7 Å². The van der Waals surface area contributed by atoms with Crippen molar-refractivity contribution in [2.75, 3.05) is 5.32 Å². The molecule has 1 amide bonds. The summed E-state index contributed by atoms with van der Waals surface area (Å²) in [5.41, 5.74) is 1.60. The molecule has 11 nitrogen and oxygen atoms in total. The number of imidazole rings is 1. The van der Waals surface area contributed by atoms with E-state index in [0.29, 0.717) is 12.3 Å². The van der Waals surface area contributed by atoms with E-state index in [4.69, 9.17) is 4.42 Å². The van der Waals surface area contributed by atoms with Crippen molar-refractivity contribution in [3.05, 3.63) is 68.4 Å². The van der Waals surface area contributed by atoms with Gasteiger partial charge in [0.05, 0.1) is 12.7 Å². The van der Waals surface area contributed by atoms with Crippen LogP contribution in [0, 0.1) is 0 Å². The first-order valence-corrected chi connectivity index (χ1v) is 9.68. The number of aromatic nitrogens is 6. The van der Waals surface area contributed by atoms with Crippen LogP contribution in [-0.2, 0) is 38.3 Å². The fourth-order valence-corrected chi connectivity index (χ4v) is 3.27. The van der Waals surface area contributed by atoms with Crippen molar-refractivity contribution < 1.29 is 9.21 Å². The first-order valence-electron chi connectivity index (χ1n) is 9.68. The fraction of sp³-hybridized carbons (Fsp3) is 0.300. The zero-order valence-corrected chi connectivity index (χ0v) is 17.3. The molecule has 160 valence electrons. The summed E-state index contributed by atoms with van der Waals surface area (Å²) in [5.74, 6) is -0.103. The number of nitrogens with one attached hydrogen (secondary N) is 1. The predicted molar refractivity (Wildman–Crippen MR) is 112 cm³/mol. The Bertz CT molecular complexity index is 1380. The Labute approximate surface area is 176 Å². The van der Waals surface area contributed by atoms with Crippen LogP contribution in [0.5, 0.6) is 0 Å². The Kier molecular flexibility index (Phi) is 5.24. The number of amides is 1. The Morgan fingerprint density at radius 3 is 2.48 bits per heavy atom. The number of hydrogen-bond donors (Lipinski definition) is 1. The molecular weight excluding hydrogens is 402 g/mol. The monoisotopic (exact) mass is 423 g/mol. The molecule has 0 bridgehead atoms. The summed E-state index contributed by atoms with van der Waals surface area (Å²) in [7, 11) is 2.88. The minimum atomic E-state index is -0.530. The van der Waals surface area contributed by atoms with Crippen LogP contribution in [0.25, 0.3) is 11.2 Å². The van der Waals surface area contributed by atoms with Crippen molar-refractivity contribution in [3.8, 4) is 0 Å². The minimum absolute atomic E-state index is 0.0325. The number of fused-ring (bicyclic) bond motifs is 1. The molecule has 0 aliphatic carbocycles. The topological polar surface area (TPSA) is 130 Å². The van der Waals surface area contributed by atoms with E-state index in [1.54, 1.807) is 0 Å². The average Bonchev–Trinajstić information content (AvgIpc) is 3.38. The van der Waals surface area contributed by atoms with Gasteiger partial charge in [-0.05, 0) is 17.5 Å². The molecule has 3 aromatic heterocycles. The van der Waals surface area contributed by atoms with E-state index >= 15 is 0 Å². The molecule has 0 aliphatic heterocycles. The number of carbonyl (C=O) groups excluding carboxylic acids is 1. The molecule has 0 fully saturated rings. The number of rotatable bonds is 6. The second-order valence-electron chi connectivity index (χ2n) is 7.15. The molecule has 1 aromatic carbocycles. The highest BCUT2D eigenvalue weighted by molar-refractivity contribution is 5.89. The maximum atomic E-state index is 12.5. The van der Waals surface area contributed by atoms with Crippen molar-refractivity contribution >= 4 is 23.1 Å². The summed E-state index contributed by atoms with van der Waals surface area (Å²) in [5, 5.41) is 10.3. The maximum Gasteiger partial charge on any atom is 0.332 e. The fourth-order valence-electron chi connectivity index (χ4n) is 3.27. The Morgan fingerprint density at radius 1 is 1.06 bits per heavy atom. The first-order chi connectivity index (χ1) is 14.9. The molecule has 31 heavy (non-hydrogen) atoms. The summed E-state index contributed by atoms with van der Waals surface area (Å²) in [6.07, 6.45) is 2.75. The van der Waals surface area contributed by atoms with Crippen molar-refractivity contribution in [2.24, 2.45) is 14.1 Å². The first kappa shape index (κ1) is 20.3. The molecule has 0 aliphatic rings. The van der Waals surface area contributed by atoms with E-state index in [0.717, 1.165) is 16.6 Å². The van der Waals surface area contributed by atoms with Crippen LogP contribution in [-0.4, -0.2) is 34.8 Å². The second-order valence-corrected chi connectivity index (χ2v) is 7.15. The molecule has 0 unspecified atom stereocenters. The molecular formula is C20H21N7O4. The zero-order chi connectivity index (χ0) is 22.1. The highest BCUT2D eigenvalue weighted by Crippen LogP contribution is 2.13. The van der Waals surface area contributed by atoms with Crippen molar-refractivity contribution in [1.29, 1.82) is 0 Å². The summed E-state index contributed by atoms with van der Waals surface area (Å²) >= 11 is 0. The largest absolute Gasteiger partial charge is 0.407 e. The van der Waals surface area contributed by atoms with Gasteiger partial charge in [0.15, 0.2) is 11.2 Å². The predicted octanol–water partition coefficient (Wildman–Crippen LogP) is 0.609. The third kappa shape index (κ3) is 3.89. The number of benzene rings is 1. The van der Waals surface area contributed by atoms with Crippen LogP contribution < -0.4 is 16.6 Å². The Balaban J connectivity index is 1.47. The SMILES string of the molecule is CCc1ccc(Cc2nnc(NC(=O)Cn3cnc4c3c(=O)n(C)c(=O)n4C)o2)cc1. The van der Waals surface area contributed by atoms with E-state index in [2.05, 4.69) is 27.4 Å². The number of anilines is 1. The van der Waals surface area contributed by atoms with Crippen LogP contribution >= 0.6 is 0 Å². The van der Waals surface area contributed by atoms with Crippen LogP contribution in [0.3, 0.4) is 0 Å². The zero-order valence-electron chi connectivity index (χ0n) is 17.3. The molecule has 11 heteroatoms. The Morgan fingerprint density at radius 2 is 1.77 bits per heavy atom. The van der Waals surface area contributed by atoms with Crippen LogP contribution in [0.15, 0.2) is 44.6 Å². The average molecular weight is 423 g/mol. The van der Waals surface area contributed by atoms with E-state index in [-0.39, 0.29) is 23.7 Å². The number of hydrogen-bond acceptors (Lipinski definition) is 7. The molecule has 0 saturated heterocycles. The van der Waals surface area contributed by atoms with Gasteiger partial charge in [0.1, 0.15) is 6.54 Å². The molecule has 0 atom stereocenters. The second kappa shape index (κ2) is 8.01. The molecule has 3 heterocycles. The van der Waals surface area contributed by atoms with Gasteiger partial charge in [-0.2, -0.15) is 0 Å². The smallest absolute Gasteiger partial charge is 0.332 e. The molecule has 4 rings (SSSR count). The number of carbonyl (C=O) groups is 1. The number of aryl methyl sites for hydroxylation is 2. The highest BCUT2D eigenvalue weighted by atomic mass is 16.4. The van der Waals surface area contributed by atoms with Crippen LogP contribution in [0.2, 0.25) is 0 Å². The third-order valence-corrected chi connectivity index (χ3v) is 5.03. The highest BCUT2D eigenvalue weighted by Gasteiger charge is 2.17. The van der Waals surface area contributed by atoms with Gasteiger partial charge in [0.25, 0.3) is 5.56 Å². The maximum absolute atomic E-state index is 12.5. The minimum Gasteiger partial charge on any atom is -0.407 e. The van der Waals surface area contributed by atoms with Gasteiger partial charge in [-0.3, -0.25) is 24.0 Å². The van der Waals surface area contributed by atoms with E-state index in [1.807, 2.05) is 24.3 Å². The number of nitrogens with zero attached hydrogens (tertiary/aromatic N) is 6. The molecule has 1 N–H and O–H groups in total. The van der Waals surface area contributed by atoms with Gasteiger partial charge in [-0.1, -0.05) is 36.3 Å². The quantitative estimate of drug-likeness (QED) is 0.481. The van der Waals surface area contributed by atoms with Gasteiger partial charge in [-0.25, -0.2) is 9.78 Å².